The van der Waals surface area contributed by atoms with Crippen LogP contribution in [-0.2, 0) is 6.54 Å². The molecular formula is C20H25N3O4. The number of furan rings is 1. The molecule has 144 valence electrons. The molecule has 7 heteroatoms. The lowest BCUT2D eigenvalue weighted by Crippen LogP contribution is -2.49. The van der Waals surface area contributed by atoms with Crippen LogP contribution in [0, 0.1) is 0 Å². The summed E-state index contributed by atoms with van der Waals surface area (Å²) in [5.41, 5.74) is 0.654. The van der Waals surface area contributed by atoms with Crippen molar-refractivity contribution >= 4 is 11.9 Å². The molecule has 0 radical (unpaired) electrons. The highest BCUT2D eigenvalue weighted by atomic mass is 16.5. The largest absolute Gasteiger partial charge is 0.494 e. The van der Waals surface area contributed by atoms with Crippen molar-refractivity contribution in [3.8, 4) is 5.75 Å². The van der Waals surface area contributed by atoms with Crippen LogP contribution >= 0.6 is 0 Å². The van der Waals surface area contributed by atoms with E-state index in [0.717, 1.165) is 18.6 Å². The van der Waals surface area contributed by atoms with Crippen LogP contribution in [-0.4, -0.2) is 42.6 Å². The lowest BCUT2D eigenvalue weighted by molar-refractivity contribution is 0.0708. The molecule has 0 saturated carbocycles. The Bertz CT molecular complexity index is 735. The number of hydrogen-bond acceptors (Lipinski definition) is 4. The molecule has 1 aromatic carbocycles. The van der Waals surface area contributed by atoms with Crippen molar-refractivity contribution in [3.05, 3.63) is 54.0 Å². The molecule has 0 unspecified atom stereocenters. The second kappa shape index (κ2) is 9.12. The van der Waals surface area contributed by atoms with Gasteiger partial charge in [0.15, 0.2) is 0 Å². The molecule has 7 nitrogen and oxygen atoms in total. The molecule has 1 aliphatic heterocycles. The van der Waals surface area contributed by atoms with Crippen LogP contribution in [0.5, 0.6) is 5.75 Å². The predicted molar refractivity (Wildman–Crippen MR) is 101 cm³/mol. The van der Waals surface area contributed by atoms with E-state index in [4.69, 9.17) is 9.15 Å². The summed E-state index contributed by atoms with van der Waals surface area (Å²) in [4.78, 5) is 26.4. The van der Waals surface area contributed by atoms with Crippen molar-refractivity contribution in [1.29, 1.82) is 0 Å². The number of likely N-dealkylation sites (tertiary alicyclic amines) is 1. The summed E-state index contributed by atoms with van der Waals surface area (Å²) in [6.07, 6.45) is 3.04. The Balaban J connectivity index is 1.42. The number of carbonyl (C=O) groups is 2. The third-order valence-corrected chi connectivity index (χ3v) is 4.53. The SMILES string of the molecule is CCOc1ccc(C(=O)N2CCC(NC(=O)NCc3ccco3)CC2)cc1. The minimum Gasteiger partial charge on any atom is -0.494 e. The van der Waals surface area contributed by atoms with E-state index in [2.05, 4.69) is 10.6 Å². The van der Waals surface area contributed by atoms with Gasteiger partial charge in [0.25, 0.3) is 5.91 Å². The molecule has 1 fully saturated rings. The van der Waals surface area contributed by atoms with E-state index < -0.39 is 0 Å². The average molecular weight is 371 g/mol. The maximum Gasteiger partial charge on any atom is 0.315 e. The molecular weight excluding hydrogens is 346 g/mol. The van der Waals surface area contributed by atoms with Gasteiger partial charge in [-0.15, -0.1) is 0 Å². The molecule has 2 N–H and O–H groups in total. The van der Waals surface area contributed by atoms with Crippen LogP contribution < -0.4 is 15.4 Å². The van der Waals surface area contributed by atoms with Crippen LogP contribution in [0.2, 0.25) is 0 Å². The van der Waals surface area contributed by atoms with Gasteiger partial charge in [0, 0.05) is 24.7 Å². The normalized spacial score (nSPS) is 14.6. The molecule has 0 aliphatic carbocycles. The Hall–Kier alpha value is -2.96. The summed E-state index contributed by atoms with van der Waals surface area (Å²) in [6, 6.07) is 10.6. The zero-order valence-corrected chi connectivity index (χ0v) is 15.4. The fourth-order valence-electron chi connectivity index (χ4n) is 3.09. The molecule has 27 heavy (non-hydrogen) atoms. The van der Waals surface area contributed by atoms with Crippen LogP contribution in [0.15, 0.2) is 47.1 Å². The maximum atomic E-state index is 12.6. The average Bonchev–Trinajstić information content (AvgIpc) is 3.21. The molecule has 2 aromatic rings. The third-order valence-electron chi connectivity index (χ3n) is 4.53. The quantitative estimate of drug-likeness (QED) is 0.818. The van der Waals surface area contributed by atoms with Gasteiger partial charge in [-0.05, 0) is 56.2 Å². The van der Waals surface area contributed by atoms with Gasteiger partial charge >= 0.3 is 6.03 Å². The van der Waals surface area contributed by atoms with Crippen molar-refractivity contribution in [3.63, 3.8) is 0 Å². The Morgan fingerprint density at radius 2 is 1.93 bits per heavy atom. The van der Waals surface area contributed by atoms with E-state index >= 15 is 0 Å². The van der Waals surface area contributed by atoms with E-state index in [1.165, 1.54) is 0 Å². The zero-order valence-electron chi connectivity index (χ0n) is 15.4. The smallest absolute Gasteiger partial charge is 0.315 e. The van der Waals surface area contributed by atoms with Gasteiger partial charge in [-0.1, -0.05) is 0 Å². The lowest BCUT2D eigenvalue weighted by Gasteiger charge is -2.32. The standard InChI is InChI=1S/C20H25N3O4/c1-2-26-17-7-5-15(6-8-17)19(24)23-11-9-16(10-12-23)22-20(25)21-14-18-4-3-13-27-18/h3-8,13,16H,2,9-12,14H2,1H3,(H2,21,22,25). The molecule has 1 aliphatic rings. The molecule has 1 saturated heterocycles. The van der Waals surface area contributed by atoms with E-state index in [9.17, 15) is 9.59 Å². The molecule has 2 heterocycles. The van der Waals surface area contributed by atoms with Gasteiger partial charge in [0.05, 0.1) is 19.4 Å². The number of amides is 3. The Kier molecular flexibility index (Phi) is 6.35. The van der Waals surface area contributed by atoms with Gasteiger partial charge in [0.2, 0.25) is 0 Å². The topological polar surface area (TPSA) is 83.8 Å². The Morgan fingerprint density at radius 3 is 2.56 bits per heavy atom. The predicted octanol–water partition coefficient (Wildman–Crippen LogP) is 2.78. The Labute approximate surface area is 158 Å². The monoisotopic (exact) mass is 371 g/mol. The summed E-state index contributed by atoms with van der Waals surface area (Å²) in [7, 11) is 0. The fourth-order valence-corrected chi connectivity index (χ4v) is 3.09. The molecule has 3 amide bonds. The number of nitrogens with one attached hydrogen (secondary N) is 2. The minimum absolute atomic E-state index is 0.0127. The number of piperidine rings is 1. The van der Waals surface area contributed by atoms with Crippen LogP contribution in [0.1, 0.15) is 35.9 Å². The van der Waals surface area contributed by atoms with E-state index in [0.29, 0.717) is 37.6 Å². The van der Waals surface area contributed by atoms with E-state index in [1.807, 2.05) is 30.0 Å². The van der Waals surface area contributed by atoms with Gasteiger partial charge < -0.3 is 24.7 Å². The van der Waals surface area contributed by atoms with Crippen molar-refractivity contribution in [1.82, 2.24) is 15.5 Å². The summed E-state index contributed by atoms with van der Waals surface area (Å²) < 4.78 is 10.6. The first-order valence-corrected chi connectivity index (χ1v) is 9.24. The minimum atomic E-state index is -0.220. The van der Waals surface area contributed by atoms with Crippen LogP contribution in [0.4, 0.5) is 4.79 Å². The van der Waals surface area contributed by atoms with Gasteiger partial charge in [-0.3, -0.25) is 4.79 Å². The number of nitrogens with zero attached hydrogens (tertiary/aromatic N) is 1. The molecule has 0 atom stereocenters. The number of carbonyl (C=O) groups excluding carboxylic acids is 2. The lowest BCUT2D eigenvalue weighted by atomic mass is 10.0. The van der Waals surface area contributed by atoms with Crippen LogP contribution in [0.25, 0.3) is 0 Å². The van der Waals surface area contributed by atoms with Crippen LogP contribution in [0.3, 0.4) is 0 Å². The zero-order chi connectivity index (χ0) is 19.1. The highest BCUT2D eigenvalue weighted by Crippen LogP contribution is 2.17. The summed E-state index contributed by atoms with van der Waals surface area (Å²) in [5.74, 6) is 1.48. The van der Waals surface area contributed by atoms with Gasteiger partial charge in [0.1, 0.15) is 11.5 Å². The first kappa shape index (κ1) is 18.8. The number of hydrogen-bond donors (Lipinski definition) is 2. The molecule has 3 rings (SSSR count). The highest BCUT2D eigenvalue weighted by Gasteiger charge is 2.24. The first-order valence-electron chi connectivity index (χ1n) is 9.24. The summed E-state index contributed by atoms with van der Waals surface area (Å²) in [5, 5.41) is 5.73. The van der Waals surface area contributed by atoms with Crippen molar-refractivity contribution < 1.29 is 18.7 Å². The summed E-state index contributed by atoms with van der Waals surface area (Å²) in [6.45, 7) is 4.12. The fraction of sp³-hybridized carbons (Fsp3) is 0.400. The number of rotatable bonds is 6. The second-order valence-corrected chi connectivity index (χ2v) is 6.43. The van der Waals surface area contributed by atoms with Crippen molar-refractivity contribution in [2.75, 3.05) is 19.7 Å². The molecule has 0 bridgehead atoms. The van der Waals surface area contributed by atoms with Crippen molar-refractivity contribution in [2.24, 2.45) is 0 Å². The van der Waals surface area contributed by atoms with E-state index in [1.54, 1.807) is 24.5 Å². The third kappa shape index (κ3) is 5.26. The molecule has 0 spiro atoms. The van der Waals surface area contributed by atoms with E-state index in [-0.39, 0.29) is 18.0 Å². The number of urea groups is 1. The second-order valence-electron chi connectivity index (χ2n) is 6.43. The van der Waals surface area contributed by atoms with Gasteiger partial charge in [-0.2, -0.15) is 0 Å². The van der Waals surface area contributed by atoms with Gasteiger partial charge in [-0.25, -0.2) is 4.79 Å². The first-order chi connectivity index (χ1) is 13.2. The number of ether oxygens (including phenoxy) is 1. The number of benzene rings is 1. The van der Waals surface area contributed by atoms with Crippen molar-refractivity contribution in [2.45, 2.75) is 32.4 Å². The maximum absolute atomic E-state index is 12.6. The Morgan fingerprint density at radius 1 is 1.19 bits per heavy atom. The molecule has 1 aromatic heterocycles. The summed E-state index contributed by atoms with van der Waals surface area (Å²) >= 11 is 0. The highest BCUT2D eigenvalue weighted by molar-refractivity contribution is 5.94.